The van der Waals surface area contributed by atoms with Gasteiger partial charge in [-0.2, -0.15) is 0 Å². The SMILES string of the molecule is CC(Nc1cc(Cl)c(Cl)cc1Cl)c1ccccc1Br. The summed E-state index contributed by atoms with van der Waals surface area (Å²) in [7, 11) is 0. The summed E-state index contributed by atoms with van der Waals surface area (Å²) in [6, 6.07) is 11.5. The highest BCUT2D eigenvalue weighted by molar-refractivity contribution is 9.10. The molecule has 0 aliphatic carbocycles. The summed E-state index contributed by atoms with van der Waals surface area (Å²) in [4.78, 5) is 0. The summed E-state index contributed by atoms with van der Waals surface area (Å²) >= 11 is 21.6. The number of anilines is 1. The zero-order valence-corrected chi connectivity index (χ0v) is 13.9. The Bertz CT molecular complexity index is 601. The Kier molecular flexibility index (Phi) is 5.02. The van der Waals surface area contributed by atoms with Crippen molar-refractivity contribution in [3.05, 3.63) is 61.5 Å². The molecule has 1 N–H and O–H groups in total. The molecule has 5 heteroatoms. The first-order chi connectivity index (χ1) is 8.99. The van der Waals surface area contributed by atoms with E-state index < -0.39 is 0 Å². The van der Waals surface area contributed by atoms with Gasteiger partial charge in [0, 0.05) is 10.5 Å². The van der Waals surface area contributed by atoms with E-state index in [1.54, 1.807) is 12.1 Å². The molecular weight excluding hydrogens is 368 g/mol. The lowest BCUT2D eigenvalue weighted by Crippen LogP contribution is -2.07. The van der Waals surface area contributed by atoms with Crippen molar-refractivity contribution in [3.63, 3.8) is 0 Å². The molecule has 0 heterocycles. The molecule has 0 spiro atoms. The predicted octanol–water partition coefficient (Wildman–Crippen LogP) is 6.58. The normalized spacial score (nSPS) is 12.3. The van der Waals surface area contributed by atoms with Gasteiger partial charge in [0.1, 0.15) is 0 Å². The Morgan fingerprint density at radius 2 is 1.63 bits per heavy atom. The monoisotopic (exact) mass is 377 g/mol. The Balaban J connectivity index is 2.27. The molecule has 0 saturated carbocycles. The lowest BCUT2D eigenvalue weighted by atomic mass is 10.1. The van der Waals surface area contributed by atoms with Gasteiger partial charge in [-0.15, -0.1) is 0 Å². The lowest BCUT2D eigenvalue weighted by Gasteiger charge is -2.18. The lowest BCUT2D eigenvalue weighted by molar-refractivity contribution is 0.879. The molecule has 19 heavy (non-hydrogen) atoms. The molecule has 0 amide bonds. The number of hydrogen-bond donors (Lipinski definition) is 1. The van der Waals surface area contributed by atoms with Crippen molar-refractivity contribution in [1.82, 2.24) is 0 Å². The van der Waals surface area contributed by atoms with E-state index in [2.05, 4.69) is 28.2 Å². The average molecular weight is 380 g/mol. The van der Waals surface area contributed by atoms with E-state index in [4.69, 9.17) is 34.8 Å². The van der Waals surface area contributed by atoms with Gasteiger partial charge in [0.25, 0.3) is 0 Å². The fourth-order valence-electron chi connectivity index (χ4n) is 1.77. The quantitative estimate of drug-likeness (QED) is 0.594. The van der Waals surface area contributed by atoms with Gasteiger partial charge in [0.15, 0.2) is 0 Å². The van der Waals surface area contributed by atoms with E-state index in [9.17, 15) is 0 Å². The largest absolute Gasteiger partial charge is 0.377 e. The second-order valence-electron chi connectivity index (χ2n) is 4.13. The standard InChI is InChI=1S/C14H11BrCl3N/c1-8(9-4-2-3-5-10(9)15)19-14-7-12(17)11(16)6-13(14)18/h2-8,19H,1H3. The van der Waals surface area contributed by atoms with Crippen LogP contribution in [0.25, 0.3) is 0 Å². The minimum absolute atomic E-state index is 0.0883. The van der Waals surface area contributed by atoms with E-state index in [0.717, 1.165) is 15.7 Å². The number of rotatable bonds is 3. The van der Waals surface area contributed by atoms with E-state index in [1.165, 1.54) is 0 Å². The molecule has 0 saturated heterocycles. The van der Waals surface area contributed by atoms with Crippen LogP contribution >= 0.6 is 50.7 Å². The first-order valence-corrected chi connectivity index (χ1v) is 7.57. The highest BCUT2D eigenvalue weighted by atomic mass is 79.9. The Labute approximate surface area is 136 Å². The zero-order valence-electron chi connectivity index (χ0n) is 10.1. The molecule has 1 nitrogen and oxygen atoms in total. The Morgan fingerprint density at radius 1 is 1.00 bits per heavy atom. The maximum absolute atomic E-state index is 6.16. The molecule has 2 aromatic rings. The van der Waals surface area contributed by atoms with Gasteiger partial charge in [-0.3, -0.25) is 0 Å². The maximum atomic E-state index is 6.16. The zero-order chi connectivity index (χ0) is 14.0. The molecule has 1 unspecified atom stereocenters. The molecule has 1 atom stereocenters. The van der Waals surface area contributed by atoms with Gasteiger partial charge in [0.05, 0.1) is 20.8 Å². The first kappa shape index (κ1) is 15.0. The fraction of sp³-hybridized carbons (Fsp3) is 0.143. The maximum Gasteiger partial charge on any atom is 0.0653 e. The van der Waals surface area contributed by atoms with Crippen LogP contribution in [-0.4, -0.2) is 0 Å². The van der Waals surface area contributed by atoms with Crippen LogP contribution in [0.5, 0.6) is 0 Å². The summed E-state index contributed by atoms with van der Waals surface area (Å²) in [6.07, 6.45) is 0. The molecule has 2 aromatic carbocycles. The second-order valence-corrected chi connectivity index (χ2v) is 6.21. The smallest absolute Gasteiger partial charge is 0.0653 e. The van der Waals surface area contributed by atoms with E-state index in [1.807, 2.05) is 24.3 Å². The third-order valence-corrected chi connectivity index (χ3v) is 4.51. The third kappa shape index (κ3) is 3.57. The molecule has 100 valence electrons. The molecule has 0 bridgehead atoms. The van der Waals surface area contributed by atoms with Crippen molar-refractivity contribution in [2.75, 3.05) is 5.32 Å². The second kappa shape index (κ2) is 6.36. The van der Waals surface area contributed by atoms with Crippen molar-refractivity contribution >= 4 is 56.4 Å². The minimum Gasteiger partial charge on any atom is -0.377 e. The highest BCUT2D eigenvalue weighted by Crippen LogP contribution is 2.35. The number of benzene rings is 2. The summed E-state index contributed by atoms with van der Waals surface area (Å²) in [5, 5.41) is 4.81. The first-order valence-electron chi connectivity index (χ1n) is 5.64. The van der Waals surface area contributed by atoms with E-state index in [-0.39, 0.29) is 6.04 Å². The predicted molar refractivity (Wildman–Crippen MR) is 87.7 cm³/mol. The molecule has 0 radical (unpaired) electrons. The summed E-state index contributed by atoms with van der Waals surface area (Å²) in [5.41, 5.74) is 1.91. The summed E-state index contributed by atoms with van der Waals surface area (Å²) in [5.74, 6) is 0. The van der Waals surface area contributed by atoms with Crippen molar-refractivity contribution in [2.45, 2.75) is 13.0 Å². The third-order valence-electron chi connectivity index (χ3n) is 2.75. The minimum atomic E-state index is 0.0883. The van der Waals surface area contributed by atoms with Crippen LogP contribution in [0.15, 0.2) is 40.9 Å². The van der Waals surface area contributed by atoms with Gasteiger partial charge >= 0.3 is 0 Å². The van der Waals surface area contributed by atoms with Gasteiger partial charge in [-0.1, -0.05) is 68.9 Å². The summed E-state index contributed by atoms with van der Waals surface area (Å²) in [6.45, 7) is 2.05. The van der Waals surface area contributed by atoms with Crippen molar-refractivity contribution in [1.29, 1.82) is 0 Å². The van der Waals surface area contributed by atoms with Crippen molar-refractivity contribution in [3.8, 4) is 0 Å². The van der Waals surface area contributed by atoms with Gasteiger partial charge in [-0.05, 0) is 30.7 Å². The number of halogens is 4. The molecule has 2 rings (SSSR count). The van der Waals surface area contributed by atoms with Crippen LogP contribution in [0.2, 0.25) is 15.1 Å². The van der Waals surface area contributed by atoms with Crippen LogP contribution in [-0.2, 0) is 0 Å². The number of nitrogens with one attached hydrogen (secondary N) is 1. The highest BCUT2D eigenvalue weighted by Gasteiger charge is 2.12. The van der Waals surface area contributed by atoms with E-state index in [0.29, 0.717) is 15.1 Å². The topological polar surface area (TPSA) is 12.0 Å². The summed E-state index contributed by atoms with van der Waals surface area (Å²) < 4.78 is 1.05. The van der Waals surface area contributed by atoms with E-state index >= 15 is 0 Å². The van der Waals surface area contributed by atoms with Crippen LogP contribution in [0, 0.1) is 0 Å². The van der Waals surface area contributed by atoms with Gasteiger partial charge in [-0.25, -0.2) is 0 Å². The van der Waals surface area contributed by atoms with Crippen LogP contribution in [0.3, 0.4) is 0 Å². The van der Waals surface area contributed by atoms with Crippen LogP contribution in [0.4, 0.5) is 5.69 Å². The van der Waals surface area contributed by atoms with Crippen molar-refractivity contribution < 1.29 is 0 Å². The van der Waals surface area contributed by atoms with Crippen LogP contribution in [0.1, 0.15) is 18.5 Å². The molecular formula is C14H11BrCl3N. The van der Waals surface area contributed by atoms with Gasteiger partial charge in [0.2, 0.25) is 0 Å². The van der Waals surface area contributed by atoms with Gasteiger partial charge < -0.3 is 5.32 Å². The average Bonchev–Trinajstić information content (AvgIpc) is 2.36. The van der Waals surface area contributed by atoms with Crippen LogP contribution < -0.4 is 5.32 Å². The Hall–Kier alpha value is -0.410. The molecule has 0 fully saturated rings. The van der Waals surface area contributed by atoms with Crippen molar-refractivity contribution in [2.24, 2.45) is 0 Å². The molecule has 0 aromatic heterocycles. The fourth-order valence-corrected chi connectivity index (χ4v) is 3.00. The molecule has 0 aliphatic rings. The molecule has 0 aliphatic heterocycles. The number of hydrogen-bond acceptors (Lipinski definition) is 1. The Morgan fingerprint density at radius 3 is 2.32 bits per heavy atom.